The van der Waals surface area contributed by atoms with Crippen molar-refractivity contribution in [1.82, 2.24) is 0 Å². The minimum Gasteiger partial charge on any atom is -0.497 e. The average molecular weight is 371 g/mol. The Morgan fingerprint density at radius 3 is 2.44 bits per heavy atom. The zero-order valence-electron chi connectivity index (χ0n) is 15.4. The summed E-state index contributed by atoms with van der Waals surface area (Å²) in [6.07, 6.45) is 0. The number of piperazine rings is 1. The van der Waals surface area contributed by atoms with Gasteiger partial charge >= 0.3 is 0 Å². The maximum Gasteiger partial charge on any atom is 0.270 e. The summed E-state index contributed by atoms with van der Waals surface area (Å²) in [7, 11) is 3.70. The van der Waals surface area contributed by atoms with Gasteiger partial charge in [-0.05, 0) is 30.3 Å². The zero-order chi connectivity index (χ0) is 19.4. The molecule has 0 radical (unpaired) electrons. The lowest BCUT2D eigenvalue weighted by Gasteiger charge is -2.32. The lowest BCUT2D eigenvalue weighted by atomic mass is 10.1. The maximum atomic E-state index is 12.9. The van der Waals surface area contributed by atoms with Gasteiger partial charge in [-0.25, -0.2) is 0 Å². The lowest BCUT2D eigenvalue weighted by molar-refractivity contribution is -0.880. The second kappa shape index (κ2) is 8.05. The molecular formula is C19H23N4O4+. The number of nitrogens with one attached hydrogen (secondary N) is 2. The van der Waals surface area contributed by atoms with Gasteiger partial charge in [0.25, 0.3) is 11.6 Å². The molecule has 0 bridgehead atoms. The number of non-ortho nitro benzene ring substituents is 1. The van der Waals surface area contributed by atoms with Crippen molar-refractivity contribution < 1.29 is 19.4 Å². The number of benzene rings is 2. The fraction of sp³-hybridized carbons (Fsp3) is 0.316. The zero-order valence-corrected chi connectivity index (χ0v) is 15.4. The Bertz CT molecular complexity index is 830. The van der Waals surface area contributed by atoms with Gasteiger partial charge in [-0.1, -0.05) is 0 Å². The molecule has 1 amide bonds. The molecule has 0 saturated carbocycles. The molecule has 1 fully saturated rings. The molecule has 2 aromatic carbocycles. The van der Waals surface area contributed by atoms with Crippen LogP contribution in [0.2, 0.25) is 0 Å². The standard InChI is InChI=1S/C19H22N4O4/c1-21-9-11-22(12-10-21)18-8-5-15(23(25)26)13-17(18)19(24)20-14-3-6-16(27-2)7-4-14/h3-8,13H,9-12H2,1-2H3,(H,20,24)/p+1. The third kappa shape index (κ3) is 4.35. The molecule has 8 heteroatoms. The van der Waals surface area contributed by atoms with E-state index >= 15 is 0 Å². The monoisotopic (exact) mass is 371 g/mol. The SMILES string of the molecule is COc1ccc(NC(=O)c2cc([N+](=O)[O-])ccc2N2CC[NH+](C)CC2)cc1. The fourth-order valence-electron chi connectivity index (χ4n) is 3.10. The summed E-state index contributed by atoms with van der Waals surface area (Å²) in [6.45, 7) is 3.51. The number of amides is 1. The first-order valence-electron chi connectivity index (χ1n) is 8.78. The van der Waals surface area contributed by atoms with Crippen molar-refractivity contribution in [3.05, 3.63) is 58.1 Å². The summed E-state index contributed by atoms with van der Waals surface area (Å²) in [5, 5.41) is 14.0. The quantitative estimate of drug-likeness (QED) is 0.609. The van der Waals surface area contributed by atoms with E-state index < -0.39 is 4.92 Å². The maximum absolute atomic E-state index is 12.9. The Morgan fingerprint density at radius 2 is 1.85 bits per heavy atom. The number of carbonyl (C=O) groups is 1. The Morgan fingerprint density at radius 1 is 1.19 bits per heavy atom. The third-order valence-corrected chi connectivity index (χ3v) is 4.74. The van der Waals surface area contributed by atoms with E-state index in [-0.39, 0.29) is 11.6 Å². The van der Waals surface area contributed by atoms with Crippen LogP contribution in [0, 0.1) is 10.1 Å². The minimum atomic E-state index is -0.484. The lowest BCUT2D eigenvalue weighted by Crippen LogP contribution is -3.12. The molecule has 0 aliphatic carbocycles. The predicted molar refractivity (Wildman–Crippen MR) is 103 cm³/mol. The van der Waals surface area contributed by atoms with Gasteiger partial charge in [0.1, 0.15) is 5.75 Å². The largest absolute Gasteiger partial charge is 0.497 e. The molecule has 1 heterocycles. The van der Waals surface area contributed by atoms with Gasteiger partial charge in [0.2, 0.25) is 0 Å². The van der Waals surface area contributed by atoms with Gasteiger partial charge < -0.3 is 19.9 Å². The van der Waals surface area contributed by atoms with Crippen molar-refractivity contribution in [2.24, 2.45) is 0 Å². The van der Waals surface area contributed by atoms with Crippen molar-refractivity contribution in [1.29, 1.82) is 0 Å². The third-order valence-electron chi connectivity index (χ3n) is 4.74. The molecule has 1 aliphatic heterocycles. The van der Waals surface area contributed by atoms with Crippen molar-refractivity contribution in [3.8, 4) is 5.75 Å². The van der Waals surface area contributed by atoms with Crippen LogP contribution in [0.5, 0.6) is 5.75 Å². The molecule has 142 valence electrons. The normalized spacial score (nSPS) is 14.7. The molecule has 0 atom stereocenters. The van der Waals surface area contributed by atoms with E-state index in [0.29, 0.717) is 17.0 Å². The number of hydrogen-bond acceptors (Lipinski definition) is 5. The Balaban J connectivity index is 1.89. The topological polar surface area (TPSA) is 89.1 Å². The summed E-state index contributed by atoms with van der Waals surface area (Å²) in [5.41, 5.74) is 1.53. The summed E-state index contributed by atoms with van der Waals surface area (Å²) in [5.74, 6) is 0.314. The van der Waals surface area contributed by atoms with Gasteiger partial charge in [0.05, 0.1) is 56.5 Å². The van der Waals surface area contributed by atoms with Gasteiger partial charge in [-0.3, -0.25) is 14.9 Å². The second-order valence-electron chi connectivity index (χ2n) is 6.59. The fourth-order valence-corrected chi connectivity index (χ4v) is 3.10. The highest BCUT2D eigenvalue weighted by Crippen LogP contribution is 2.27. The van der Waals surface area contributed by atoms with Crippen LogP contribution < -0.4 is 19.9 Å². The molecule has 0 spiro atoms. The molecule has 1 saturated heterocycles. The molecule has 3 rings (SSSR count). The number of anilines is 2. The Kier molecular flexibility index (Phi) is 5.56. The van der Waals surface area contributed by atoms with Gasteiger partial charge in [-0.15, -0.1) is 0 Å². The van der Waals surface area contributed by atoms with Gasteiger partial charge in [0.15, 0.2) is 0 Å². The molecule has 27 heavy (non-hydrogen) atoms. The average Bonchev–Trinajstić information content (AvgIpc) is 2.68. The number of nitrogens with zero attached hydrogens (tertiary/aromatic N) is 2. The molecule has 2 N–H and O–H groups in total. The molecular weight excluding hydrogens is 348 g/mol. The van der Waals surface area contributed by atoms with E-state index in [0.717, 1.165) is 31.9 Å². The van der Waals surface area contributed by atoms with Crippen LogP contribution in [0.1, 0.15) is 10.4 Å². The van der Waals surface area contributed by atoms with E-state index in [2.05, 4.69) is 17.3 Å². The van der Waals surface area contributed by atoms with Crippen LogP contribution in [0.25, 0.3) is 0 Å². The first-order chi connectivity index (χ1) is 13.0. The van der Waals surface area contributed by atoms with E-state index in [1.807, 2.05) is 0 Å². The highest BCUT2D eigenvalue weighted by atomic mass is 16.6. The van der Waals surface area contributed by atoms with E-state index in [1.165, 1.54) is 17.0 Å². The Labute approximate surface area is 157 Å². The molecule has 2 aromatic rings. The summed E-state index contributed by atoms with van der Waals surface area (Å²) >= 11 is 0. The minimum absolute atomic E-state index is 0.0987. The van der Waals surface area contributed by atoms with Crippen LogP contribution in [-0.4, -0.2) is 51.2 Å². The summed E-state index contributed by atoms with van der Waals surface area (Å²) in [4.78, 5) is 27.1. The van der Waals surface area contributed by atoms with E-state index in [9.17, 15) is 14.9 Å². The number of ether oxygens (including phenoxy) is 1. The summed E-state index contributed by atoms with van der Waals surface area (Å²) < 4.78 is 5.11. The van der Waals surface area contributed by atoms with Gasteiger partial charge in [0, 0.05) is 17.8 Å². The highest BCUT2D eigenvalue weighted by molar-refractivity contribution is 6.08. The molecule has 8 nitrogen and oxygen atoms in total. The number of methoxy groups -OCH3 is 1. The summed E-state index contributed by atoms with van der Waals surface area (Å²) in [6, 6.07) is 11.4. The number of hydrogen-bond donors (Lipinski definition) is 2. The number of likely N-dealkylation sites (N-methyl/N-ethyl adjacent to an activating group) is 1. The highest BCUT2D eigenvalue weighted by Gasteiger charge is 2.24. The van der Waals surface area contributed by atoms with Crippen LogP contribution >= 0.6 is 0 Å². The smallest absolute Gasteiger partial charge is 0.270 e. The number of carbonyl (C=O) groups excluding carboxylic acids is 1. The van der Waals surface area contributed by atoms with Crippen LogP contribution in [0.3, 0.4) is 0 Å². The first kappa shape index (κ1) is 18.7. The number of nitro groups is 1. The van der Waals surface area contributed by atoms with Gasteiger partial charge in [-0.2, -0.15) is 0 Å². The first-order valence-corrected chi connectivity index (χ1v) is 8.78. The molecule has 0 aromatic heterocycles. The van der Waals surface area contributed by atoms with Crippen molar-refractivity contribution in [3.63, 3.8) is 0 Å². The number of quaternary nitrogens is 1. The van der Waals surface area contributed by atoms with Crippen molar-refractivity contribution in [2.45, 2.75) is 0 Å². The van der Waals surface area contributed by atoms with Crippen LogP contribution in [-0.2, 0) is 0 Å². The second-order valence-corrected chi connectivity index (χ2v) is 6.59. The number of rotatable bonds is 5. The predicted octanol–water partition coefficient (Wildman–Crippen LogP) is 1.19. The van der Waals surface area contributed by atoms with Crippen molar-refractivity contribution >= 4 is 23.0 Å². The van der Waals surface area contributed by atoms with Crippen LogP contribution in [0.4, 0.5) is 17.1 Å². The molecule has 0 unspecified atom stereocenters. The number of nitro benzene ring substituents is 1. The van der Waals surface area contributed by atoms with E-state index in [4.69, 9.17) is 4.74 Å². The Hall–Kier alpha value is -3.13. The van der Waals surface area contributed by atoms with Crippen LogP contribution in [0.15, 0.2) is 42.5 Å². The van der Waals surface area contributed by atoms with Crippen molar-refractivity contribution in [2.75, 3.05) is 50.6 Å². The van der Waals surface area contributed by atoms with E-state index in [1.54, 1.807) is 37.4 Å². The molecule has 1 aliphatic rings.